The lowest BCUT2D eigenvalue weighted by Gasteiger charge is -2.19. The first-order chi connectivity index (χ1) is 25.8. The molecule has 0 aromatic heterocycles. The topological polar surface area (TPSA) is 0 Å². The van der Waals surface area contributed by atoms with Crippen molar-refractivity contribution in [2.75, 3.05) is 0 Å². The van der Waals surface area contributed by atoms with Gasteiger partial charge in [-0.25, -0.2) is 0 Å². The molecule has 0 radical (unpaired) electrons. The molecule has 0 atom stereocenters. The molecule has 0 bridgehead atoms. The zero-order chi connectivity index (χ0) is 34.4. The molecule has 0 aliphatic heterocycles. The van der Waals surface area contributed by atoms with Crippen molar-refractivity contribution in [2.24, 2.45) is 0 Å². The Kier molecular flexibility index (Phi) is 7.25. The van der Waals surface area contributed by atoms with Gasteiger partial charge in [0.2, 0.25) is 0 Å². The van der Waals surface area contributed by atoms with Crippen LogP contribution in [0, 0.1) is 0 Å². The number of rotatable bonds is 5. The minimum absolute atomic E-state index is 1.21. The van der Waals surface area contributed by atoms with E-state index in [9.17, 15) is 0 Å². The van der Waals surface area contributed by atoms with Crippen molar-refractivity contribution in [3.05, 3.63) is 206 Å². The fourth-order valence-electron chi connectivity index (χ4n) is 8.07. The Balaban J connectivity index is 1.20. The van der Waals surface area contributed by atoms with Gasteiger partial charge < -0.3 is 0 Å². The van der Waals surface area contributed by atoms with Gasteiger partial charge in [0.25, 0.3) is 0 Å². The first-order valence-electron chi connectivity index (χ1n) is 18.0. The lowest BCUT2D eigenvalue weighted by molar-refractivity contribution is 1.59. The van der Waals surface area contributed by atoms with Crippen LogP contribution < -0.4 is 0 Å². The quantitative estimate of drug-likeness (QED) is 0.161. The molecule has 0 unspecified atom stereocenters. The molecule has 0 aliphatic rings. The van der Waals surface area contributed by atoms with Gasteiger partial charge in [0, 0.05) is 0 Å². The Hall–Kier alpha value is -6.76. The van der Waals surface area contributed by atoms with Crippen LogP contribution in [-0.4, -0.2) is 0 Å². The van der Waals surface area contributed by atoms with Crippen molar-refractivity contribution in [3.63, 3.8) is 0 Å². The van der Waals surface area contributed by atoms with Gasteiger partial charge in [-0.15, -0.1) is 0 Å². The molecule has 0 amide bonds. The van der Waals surface area contributed by atoms with Gasteiger partial charge in [0.15, 0.2) is 0 Å². The molecule has 0 aliphatic carbocycles. The Morgan fingerprint density at radius 1 is 0.173 bits per heavy atom. The first-order valence-corrected chi connectivity index (χ1v) is 18.0. The molecule has 242 valence electrons. The molecule has 0 fully saturated rings. The van der Waals surface area contributed by atoms with Crippen molar-refractivity contribution in [3.8, 4) is 55.6 Å². The van der Waals surface area contributed by atoms with E-state index >= 15 is 0 Å². The van der Waals surface area contributed by atoms with Crippen molar-refractivity contribution >= 4 is 43.1 Å². The van der Waals surface area contributed by atoms with Crippen LogP contribution in [0.4, 0.5) is 0 Å². The summed E-state index contributed by atoms with van der Waals surface area (Å²) < 4.78 is 0. The number of hydrogen-bond acceptors (Lipinski definition) is 0. The van der Waals surface area contributed by atoms with Crippen LogP contribution in [0.25, 0.3) is 98.7 Å². The molecular formula is C52H34. The van der Waals surface area contributed by atoms with E-state index in [2.05, 4.69) is 206 Å². The molecule has 52 heavy (non-hydrogen) atoms. The molecule has 0 saturated heterocycles. The van der Waals surface area contributed by atoms with E-state index in [4.69, 9.17) is 0 Å². The van der Waals surface area contributed by atoms with Gasteiger partial charge in [-0.3, -0.25) is 0 Å². The highest BCUT2D eigenvalue weighted by Gasteiger charge is 2.18. The second-order valence-electron chi connectivity index (χ2n) is 13.7. The molecule has 0 heterocycles. The minimum Gasteiger partial charge on any atom is -0.0622 e. The fraction of sp³-hybridized carbons (Fsp3) is 0. The van der Waals surface area contributed by atoms with Crippen LogP contribution in [-0.2, 0) is 0 Å². The molecule has 0 saturated carbocycles. The second kappa shape index (κ2) is 12.5. The summed E-state index contributed by atoms with van der Waals surface area (Å²) in [5, 5.41) is 10.0. The predicted molar refractivity (Wildman–Crippen MR) is 224 cm³/mol. The highest BCUT2D eigenvalue weighted by Crippen LogP contribution is 2.45. The van der Waals surface area contributed by atoms with Crippen molar-refractivity contribution in [1.29, 1.82) is 0 Å². The van der Waals surface area contributed by atoms with Crippen LogP contribution in [0.3, 0.4) is 0 Å². The monoisotopic (exact) mass is 658 g/mol. The van der Waals surface area contributed by atoms with E-state index in [1.807, 2.05) is 0 Å². The van der Waals surface area contributed by atoms with Gasteiger partial charge in [0.05, 0.1) is 0 Å². The predicted octanol–water partition coefficient (Wildman–Crippen LogP) is 14.6. The molecule has 0 heteroatoms. The average molecular weight is 659 g/mol. The van der Waals surface area contributed by atoms with Gasteiger partial charge >= 0.3 is 0 Å². The summed E-state index contributed by atoms with van der Waals surface area (Å²) in [4.78, 5) is 0. The van der Waals surface area contributed by atoms with E-state index in [-0.39, 0.29) is 0 Å². The number of fused-ring (bicyclic) bond motifs is 4. The molecule has 10 rings (SSSR count). The van der Waals surface area contributed by atoms with E-state index < -0.39 is 0 Å². The van der Waals surface area contributed by atoms with E-state index in [0.717, 1.165) is 0 Å². The Morgan fingerprint density at radius 2 is 0.519 bits per heavy atom. The standard InChI is InChI=1S/C52H34/c1-3-13-35(14-4-1)39-24-25-41-30-42(27-26-40(41)29-39)45-32-44(36-15-5-2-6-16-36)33-46(34-45)52-49-21-11-9-19-47(49)51(48-20-10-12-22-50(48)52)43-28-23-37-17-7-8-18-38(37)31-43/h1-34H. The lowest BCUT2D eigenvalue weighted by Crippen LogP contribution is -1.92. The van der Waals surface area contributed by atoms with Gasteiger partial charge in [-0.1, -0.05) is 170 Å². The van der Waals surface area contributed by atoms with Gasteiger partial charge in [-0.05, 0) is 135 Å². The SMILES string of the molecule is c1ccc(-c2cc(-c3ccc4cc(-c5ccccc5)ccc4c3)cc(-c3c4ccccc4c(-c4ccc5ccccc5c4)c4ccccc34)c2)cc1. The van der Waals surface area contributed by atoms with Gasteiger partial charge in [0.1, 0.15) is 0 Å². The Morgan fingerprint density at radius 3 is 1.10 bits per heavy atom. The number of hydrogen-bond donors (Lipinski definition) is 0. The van der Waals surface area contributed by atoms with Crippen LogP contribution in [0.1, 0.15) is 0 Å². The number of benzene rings is 10. The second-order valence-corrected chi connectivity index (χ2v) is 13.7. The molecule has 10 aromatic rings. The Labute approximate surface area is 303 Å². The third kappa shape index (κ3) is 5.25. The van der Waals surface area contributed by atoms with Crippen LogP contribution in [0.5, 0.6) is 0 Å². The molecule has 0 nitrogen and oxygen atoms in total. The fourth-order valence-corrected chi connectivity index (χ4v) is 8.07. The van der Waals surface area contributed by atoms with Crippen molar-refractivity contribution in [2.45, 2.75) is 0 Å². The molecule has 0 N–H and O–H groups in total. The van der Waals surface area contributed by atoms with Crippen molar-refractivity contribution in [1.82, 2.24) is 0 Å². The zero-order valence-electron chi connectivity index (χ0n) is 28.6. The summed E-state index contributed by atoms with van der Waals surface area (Å²) in [6.45, 7) is 0. The maximum absolute atomic E-state index is 2.40. The highest BCUT2D eigenvalue weighted by molar-refractivity contribution is 6.22. The lowest BCUT2D eigenvalue weighted by atomic mass is 9.84. The normalized spacial score (nSPS) is 11.5. The largest absolute Gasteiger partial charge is 0.0622 e. The zero-order valence-corrected chi connectivity index (χ0v) is 28.6. The minimum atomic E-state index is 1.21. The van der Waals surface area contributed by atoms with E-state index in [0.29, 0.717) is 0 Å². The van der Waals surface area contributed by atoms with E-state index in [1.54, 1.807) is 0 Å². The summed E-state index contributed by atoms with van der Waals surface area (Å²) in [6, 6.07) is 75.7. The molecule has 10 aromatic carbocycles. The third-order valence-electron chi connectivity index (χ3n) is 10.6. The van der Waals surface area contributed by atoms with Crippen molar-refractivity contribution < 1.29 is 0 Å². The summed E-state index contributed by atoms with van der Waals surface area (Å²) in [6.07, 6.45) is 0. The van der Waals surface area contributed by atoms with Crippen LogP contribution >= 0.6 is 0 Å². The highest BCUT2D eigenvalue weighted by atomic mass is 14.2. The smallest absolute Gasteiger partial charge is 0.00259 e. The first kappa shape index (κ1) is 30.1. The summed E-state index contributed by atoms with van der Waals surface area (Å²) in [7, 11) is 0. The maximum atomic E-state index is 2.40. The molecular weight excluding hydrogens is 625 g/mol. The van der Waals surface area contributed by atoms with Crippen LogP contribution in [0.2, 0.25) is 0 Å². The third-order valence-corrected chi connectivity index (χ3v) is 10.6. The maximum Gasteiger partial charge on any atom is -0.00259 e. The summed E-state index contributed by atoms with van der Waals surface area (Å²) in [5.41, 5.74) is 12.3. The van der Waals surface area contributed by atoms with E-state index in [1.165, 1.54) is 98.7 Å². The molecule has 0 spiro atoms. The average Bonchev–Trinajstić information content (AvgIpc) is 3.22. The Bertz CT molecular complexity index is 2880. The van der Waals surface area contributed by atoms with Gasteiger partial charge in [-0.2, -0.15) is 0 Å². The van der Waals surface area contributed by atoms with Crippen LogP contribution in [0.15, 0.2) is 206 Å². The summed E-state index contributed by atoms with van der Waals surface area (Å²) in [5.74, 6) is 0. The summed E-state index contributed by atoms with van der Waals surface area (Å²) >= 11 is 0.